The molecule has 0 saturated carbocycles. The molecular formula is C12H10BrNO. The number of halogens is 1. The lowest BCUT2D eigenvalue weighted by molar-refractivity contribution is 0.480. The highest BCUT2D eigenvalue weighted by atomic mass is 79.9. The van der Waals surface area contributed by atoms with Gasteiger partial charge < -0.3 is 4.74 Å². The van der Waals surface area contributed by atoms with Crippen molar-refractivity contribution in [2.75, 3.05) is 0 Å². The van der Waals surface area contributed by atoms with E-state index in [0.717, 1.165) is 16.1 Å². The van der Waals surface area contributed by atoms with Crippen LogP contribution in [0.5, 0.6) is 11.5 Å². The van der Waals surface area contributed by atoms with Gasteiger partial charge in [-0.25, -0.2) is 4.98 Å². The molecule has 0 unspecified atom stereocenters. The third kappa shape index (κ3) is 2.80. The van der Waals surface area contributed by atoms with Gasteiger partial charge in [0.25, 0.3) is 0 Å². The van der Waals surface area contributed by atoms with E-state index in [0.29, 0.717) is 0 Å². The normalized spacial score (nSPS) is 10.0. The van der Waals surface area contributed by atoms with Crippen LogP contribution in [0.2, 0.25) is 0 Å². The zero-order valence-corrected chi connectivity index (χ0v) is 9.86. The Balaban J connectivity index is 2.15. The summed E-state index contributed by atoms with van der Waals surface area (Å²) < 4.78 is 6.41. The number of benzene rings is 1. The van der Waals surface area contributed by atoms with Crippen LogP contribution in [0.4, 0.5) is 0 Å². The maximum absolute atomic E-state index is 5.60. The molecule has 0 aliphatic rings. The van der Waals surface area contributed by atoms with Crippen LogP contribution in [0.25, 0.3) is 0 Å². The van der Waals surface area contributed by atoms with E-state index in [1.165, 1.54) is 5.56 Å². The topological polar surface area (TPSA) is 22.1 Å². The third-order valence-corrected chi connectivity index (χ3v) is 2.43. The van der Waals surface area contributed by atoms with Crippen molar-refractivity contribution in [1.82, 2.24) is 4.98 Å². The molecule has 0 bridgehead atoms. The van der Waals surface area contributed by atoms with E-state index in [2.05, 4.69) is 20.9 Å². The largest absolute Gasteiger partial charge is 0.456 e. The molecule has 3 heteroatoms. The summed E-state index contributed by atoms with van der Waals surface area (Å²) in [7, 11) is 0. The van der Waals surface area contributed by atoms with Crippen LogP contribution in [0.1, 0.15) is 5.56 Å². The van der Waals surface area contributed by atoms with Crippen LogP contribution in [-0.2, 0) is 0 Å². The molecule has 0 saturated heterocycles. The summed E-state index contributed by atoms with van der Waals surface area (Å²) in [6.07, 6.45) is 1.68. The van der Waals surface area contributed by atoms with Crippen molar-refractivity contribution in [3.8, 4) is 11.5 Å². The van der Waals surface area contributed by atoms with Crippen molar-refractivity contribution in [2.45, 2.75) is 6.92 Å². The number of rotatable bonds is 2. The zero-order chi connectivity index (χ0) is 10.7. The zero-order valence-electron chi connectivity index (χ0n) is 8.27. The van der Waals surface area contributed by atoms with Gasteiger partial charge in [0.1, 0.15) is 16.1 Å². The summed E-state index contributed by atoms with van der Waals surface area (Å²) in [5.41, 5.74) is 1.22. The molecule has 76 valence electrons. The quantitative estimate of drug-likeness (QED) is 0.766. The van der Waals surface area contributed by atoms with Crippen LogP contribution in [0, 0.1) is 6.92 Å². The molecule has 0 spiro atoms. The summed E-state index contributed by atoms with van der Waals surface area (Å²) in [5.74, 6) is 1.56. The molecule has 0 N–H and O–H groups in total. The monoisotopic (exact) mass is 263 g/mol. The average Bonchev–Trinajstić information content (AvgIpc) is 2.25. The molecular weight excluding hydrogens is 254 g/mol. The number of pyridine rings is 1. The molecule has 1 aromatic heterocycles. The van der Waals surface area contributed by atoms with Gasteiger partial charge in [-0.3, -0.25) is 0 Å². The van der Waals surface area contributed by atoms with Gasteiger partial charge in [0, 0.05) is 0 Å². The molecule has 2 nitrogen and oxygen atoms in total. The minimum Gasteiger partial charge on any atom is -0.456 e. The van der Waals surface area contributed by atoms with E-state index in [-0.39, 0.29) is 0 Å². The summed E-state index contributed by atoms with van der Waals surface area (Å²) in [4.78, 5) is 4.08. The standard InChI is InChI=1S/C12H10BrNO/c1-9-2-4-10(5-3-9)15-11-6-7-12(13)14-8-11/h2-8H,1H3. The van der Waals surface area contributed by atoms with Gasteiger partial charge in [-0.15, -0.1) is 0 Å². The third-order valence-electron chi connectivity index (χ3n) is 1.96. The fourth-order valence-electron chi connectivity index (χ4n) is 1.17. The van der Waals surface area contributed by atoms with Crippen LogP contribution in [0.3, 0.4) is 0 Å². The molecule has 0 radical (unpaired) electrons. The van der Waals surface area contributed by atoms with Gasteiger partial charge in [0.05, 0.1) is 6.20 Å². The molecule has 2 aromatic rings. The van der Waals surface area contributed by atoms with E-state index in [1.807, 2.05) is 43.3 Å². The first-order valence-corrected chi connectivity index (χ1v) is 5.39. The van der Waals surface area contributed by atoms with Gasteiger partial charge in [0.15, 0.2) is 0 Å². The van der Waals surface area contributed by atoms with Crippen molar-refractivity contribution in [3.05, 3.63) is 52.8 Å². The van der Waals surface area contributed by atoms with Crippen LogP contribution >= 0.6 is 15.9 Å². The predicted octanol–water partition coefficient (Wildman–Crippen LogP) is 3.94. The minimum absolute atomic E-state index is 0.738. The fourth-order valence-corrected chi connectivity index (χ4v) is 1.40. The maximum atomic E-state index is 5.60. The van der Waals surface area contributed by atoms with Crippen molar-refractivity contribution in [3.63, 3.8) is 0 Å². The van der Waals surface area contributed by atoms with Crippen molar-refractivity contribution in [1.29, 1.82) is 0 Å². The second kappa shape index (κ2) is 4.45. The minimum atomic E-state index is 0.738. The van der Waals surface area contributed by atoms with Crippen molar-refractivity contribution >= 4 is 15.9 Å². The second-order valence-corrected chi connectivity index (χ2v) is 4.04. The highest BCUT2D eigenvalue weighted by Gasteiger charge is 1.97. The Bertz CT molecular complexity index is 393. The lowest BCUT2D eigenvalue weighted by atomic mass is 10.2. The number of hydrogen-bond donors (Lipinski definition) is 0. The SMILES string of the molecule is Cc1ccc(Oc2ccc(Br)nc2)cc1. The highest BCUT2D eigenvalue weighted by Crippen LogP contribution is 2.21. The number of aryl methyl sites for hydroxylation is 1. The molecule has 0 fully saturated rings. The smallest absolute Gasteiger partial charge is 0.145 e. The van der Waals surface area contributed by atoms with E-state index in [9.17, 15) is 0 Å². The van der Waals surface area contributed by atoms with Crippen LogP contribution in [-0.4, -0.2) is 4.98 Å². The second-order valence-electron chi connectivity index (χ2n) is 3.23. The van der Waals surface area contributed by atoms with Gasteiger partial charge >= 0.3 is 0 Å². The Morgan fingerprint density at radius 3 is 2.27 bits per heavy atom. The molecule has 1 aromatic carbocycles. The van der Waals surface area contributed by atoms with E-state index >= 15 is 0 Å². The molecule has 0 aliphatic heterocycles. The fraction of sp³-hybridized carbons (Fsp3) is 0.0833. The molecule has 0 aliphatic carbocycles. The molecule has 2 rings (SSSR count). The van der Waals surface area contributed by atoms with Crippen LogP contribution < -0.4 is 4.74 Å². The van der Waals surface area contributed by atoms with E-state index in [1.54, 1.807) is 6.20 Å². The van der Waals surface area contributed by atoms with Gasteiger partial charge in [-0.1, -0.05) is 17.7 Å². The van der Waals surface area contributed by atoms with Gasteiger partial charge in [-0.2, -0.15) is 0 Å². The van der Waals surface area contributed by atoms with E-state index in [4.69, 9.17) is 4.74 Å². The van der Waals surface area contributed by atoms with Gasteiger partial charge in [0.2, 0.25) is 0 Å². The molecule has 0 atom stereocenters. The number of hydrogen-bond acceptors (Lipinski definition) is 2. The van der Waals surface area contributed by atoms with Crippen LogP contribution in [0.15, 0.2) is 47.2 Å². The first-order chi connectivity index (χ1) is 7.24. The number of ether oxygens (including phenoxy) is 1. The summed E-state index contributed by atoms with van der Waals surface area (Å²) in [6.45, 7) is 2.05. The Morgan fingerprint density at radius 1 is 1.00 bits per heavy atom. The highest BCUT2D eigenvalue weighted by molar-refractivity contribution is 9.10. The summed E-state index contributed by atoms with van der Waals surface area (Å²) in [6, 6.07) is 11.6. The van der Waals surface area contributed by atoms with E-state index < -0.39 is 0 Å². The lowest BCUT2D eigenvalue weighted by Gasteiger charge is -2.04. The maximum Gasteiger partial charge on any atom is 0.145 e. The Kier molecular flexibility index (Phi) is 3.02. The van der Waals surface area contributed by atoms with Gasteiger partial charge in [-0.05, 0) is 47.1 Å². The molecule has 0 amide bonds. The van der Waals surface area contributed by atoms with Crippen molar-refractivity contribution in [2.24, 2.45) is 0 Å². The number of aromatic nitrogens is 1. The first kappa shape index (κ1) is 10.2. The lowest BCUT2D eigenvalue weighted by Crippen LogP contribution is -1.85. The summed E-state index contributed by atoms with van der Waals surface area (Å²) in [5, 5.41) is 0. The Morgan fingerprint density at radius 2 is 1.67 bits per heavy atom. The molecule has 15 heavy (non-hydrogen) atoms. The number of nitrogens with zero attached hydrogens (tertiary/aromatic N) is 1. The van der Waals surface area contributed by atoms with Crippen molar-refractivity contribution < 1.29 is 4.74 Å². The Hall–Kier alpha value is -1.35. The average molecular weight is 264 g/mol. The first-order valence-electron chi connectivity index (χ1n) is 4.60. The molecule has 1 heterocycles. The summed E-state index contributed by atoms with van der Waals surface area (Å²) >= 11 is 3.27. The Labute approximate surface area is 97.1 Å². The predicted molar refractivity (Wildman–Crippen MR) is 63.2 cm³/mol.